The topological polar surface area (TPSA) is 38.0 Å². The number of nitrogens with two attached hydrogens (primary N) is 1. The summed E-state index contributed by atoms with van der Waals surface area (Å²) in [5.74, 6) is 0. The van der Waals surface area contributed by atoms with E-state index in [-0.39, 0.29) is 0 Å². The molecule has 0 fully saturated rings. The molecule has 16 heavy (non-hydrogen) atoms. The standard InChI is InChI=1S/C13H18N2S/c1-10(6-7-14)15-8-11-9-16-13-5-3-2-4-12(11)13/h2-5,9-10,15H,6-8,14H2,1H3. The molecule has 2 nitrogen and oxygen atoms in total. The van der Waals surface area contributed by atoms with Crippen molar-refractivity contribution in [2.24, 2.45) is 5.73 Å². The molecular formula is C13H18N2S. The molecule has 2 rings (SSSR count). The van der Waals surface area contributed by atoms with E-state index >= 15 is 0 Å². The number of nitrogens with one attached hydrogen (secondary N) is 1. The van der Waals surface area contributed by atoms with E-state index in [1.165, 1.54) is 15.6 Å². The number of hydrogen-bond donors (Lipinski definition) is 2. The van der Waals surface area contributed by atoms with E-state index in [0.717, 1.165) is 19.5 Å². The van der Waals surface area contributed by atoms with E-state index < -0.39 is 0 Å². The van der Waals surface area contributed by atoms with Crippen LogP contribution in [0.1, 0.15) is 18.9 Å². The molecule has 1 unspecified atom stereocenters. The fraction of sp³-hybridized carbons (Fsp3) is 0.385. The molecule has 0 bridgehead atoms. The summed E-state index contributed by atoms with van der Waals surface area (Å²) in [7, 11) is 0. The summed E-state index contributed by atoms with van der Waals surface area (Å²) in [6, 6.07) is 9.04. The van der Waals surface area contributed by atoms with Gasteiger partial charge in [0.05, 0.1) is 0 Å². The van der Waals surface area contributed by atoms with Gasteiger partial charge in [0, 0.05) is 17.3 Å². The Bertz CT molecular complexity index is 450. The molecule has 0 radical (unpaired) electrons. The lowest BCUT2D eigenvalue weighted by molar-refractivity contribution is 0.521. The predicted molar refractivity (Wildman–Crippen MR) is 71.8 cm³/mol. The normalized spacial score (nSPS) is 13.1. The molecular weight excluding hydrogens is 216 g/mol. The van der Waals surface area contributed by atoms with Crippen LogP contribution in [0.3, 0.4) is 0 Å². The molecule has 0 aliphatic heterocycles. The molecule has 1 atom stereocenters. The van der Waals surface area contributed by atoms with E-state index in [4.69, 9.17) is 5.73 Å². The summed E-state index contributed by atoms with van der Waals surface area (Å²) in [6.07, 6.45) is 1.03. The SMILES string of the molecule is CC(CCN)NCc1csc2ccccc12. The summed E-state index contributed by atoms with van der Waals surface area (Å²) in [5, 5.41) is 7.12. The minimum Gasteiger partial charge on any atom is -0.330 e. The molecule has 3 heteroatoms. The van der Waals surface area contributed by atoms with Crippen LogP contribution in [0.5, 0.6) is 0 Å². The second-order valence-corrected chi connectivity index (χ2v) is 5.03. The number of benzene rings is 1. The molecule has 3 N–H and O–H groups in total. The smallest absolute Gasteiger partial charge is 0.0346 e. The first-order chi connectivity index (χ1) is 7.81. The fourth-order valence-electron chi connectivity index (χ4n) is 1.81. The van der Waals surface area contributed by atoms with Crippen LogP contribution in [0.4, 0.5) is 0 Å². The first kappa shape index (κ1) is 11.6. The average molecular weight is 234 g/mol. The van der Waals surface area contributed by atoms with Crippen LogP contribution in [-0.4, -0.2) is 12.6 Å². The molecule has 1 aromatic heterocycles. The van der Waals surface area contributed by atoms with Gasteiger partial charge in [-0.1, -0.05) is 18.2 Å². The van der Waals surface area contributed by atoms with Gasteiger partial charge in [-0.25, -0.2) is 0 Å². The van der Waals surface area contributed by atoms with Crippen molar-refractivity contribution in [3.05, 3.63) is 35.2 Å². The van der Waals surface area contributed by atoms with Crippen molar-refractivity contribution < 1.29 is 0 Å². The van der Waals surface area contributed by atoms with Crippen molar-refractivity contribution in [1.29, 1.82) is 0 Å². The second-order valence-electron chi connectivity index (χ2n) is 4.12. The van der Waals surface area contributed by atoms with Gasteiger partial charge in [-0.3, -0.25) is 0 Å². The van der Waals surface area contributed by atoms with Gasteiger partial charge in [0.1, 0.15) is 0 Å². The molecule has 86 valence electrons. The summed E-state index contributed by atoms with van der Waals surface area (Å²) in [4.78, 5) is 0. The van der Waals surface area contributed by atoms with Gasteiger partial charge in [0.2, 0.25) is 0 Å². The maximum atomic E-state index is 5.53. The van der Waals surface area contributed by atoms with Crippen LogP contribution in [0.25, 0.3) is 10.1 Å². The number of fused-ring (bicyclic) bond motifs is 1. The summed E-state index contributed by atoms with van der Waals surface area (Å²) in [5.41, 5.74) is 6.92. The van der Waals surface area contributed by atoms with Crippen molar-refractivity contribution in [2.75, 3.05) is 6.54 Å². The number of thiophene rings is 1. The third-order valence-electron chi connectivity index (χ3n) is 2.80. The molecule has 0 spiro atoms. The Kier molecular flexibility index (Phi) is 3.93. The highest BCUT2D eigenvalue weighted by Crippen LogP contribution is 2.25. The minimum absolute atomic E-state index is 0.490. The number of rotatable bonds is 5. The maximum absolute atomic E-state index is 5.53. The van der Waals surface area contributed by atoms with Crippen LogP contribution in [-0.2, 0) is 6.54 Å². The average Bonchev–Trinajstić information content (AvgIpc) is 2.70. The Balaban J connectivity index is 2.04. The lowest BCUT2D eigenvalue weighted by Crippen LogP contribution is -2.27. The van der Waals surface area contributed by atoms with Crippen LogP contribution < -0.4 is 11.1 Å². The Morgan fingerprint density at radius 3 is 3.00 bits per heavy atom. The largest absolute Gasteiger partial charge is 0.330 e. The Labute approximate surface area is 100 Å². The molecule has 0 saturated heterocycles. The number of hydrogen-bond acceptors (Lipinski definition) is 3. The third kappa shape index (κ3) is 2.61. The van der Waals surface area contributed by atoms with E-state index in [0.29, 0.717) is 6.04 Å². The van der Waals surface area contributed by atoms with Gasteiger partial charge >= 0.3 is 0 Å². The zero-order valence-electron chi connectivity index (χ0n) is 9.57. The molecule has 1 heterocycles. The minimum atomic E-state index is 0.490. The summed E-state index contributed by atoms with van der Waals surface area (Å²) < 4.78 is 1.37. The van der Waals surface area contributed by atoms with Crippen molar-refractivity contribution in [1.82, 2.24) is 5.32 Å². The van der Waals surface area contributed by atoms with Crippen LogP contribution in [0.2, 0.25) is 0 Å². The van der Waals surface area contributed by atoms with Gasteiger partial charge < -0.3 is 11.1 Å². The quantitative estimate of drug-likeness (QED) is 0.835. The van der Waals surface area contributed by atoms with Gasteiger partial charge in [-0.2, -0.15) is 0 Å². The van der Waals surface area contributed by atoms with Crippen molar-refractivity contribution in [3.63, 3.8) is 0 Å². The van der Waals surface area contributed by atoms with Gasteiger partial charge in [-0.15, -0.1) is 11.3 Å². The van der Waals surface area contributed by atoms with Gasteiger partial charge in [0.25, 0.3) is 0 Å². The lowest BCUT2D eigenvalue weighted by atomic mass is 10.1. The highest BCUT2D eigenvalue weighted by Gasteiger charge is 2.04. The summed E-state index contributed by atoms with van der Waals surface area (Å²) >= 11 is 1.81. The molecule has 0 saturated carbocycles. The van der Waals surface area contributed by atoms with Gasteiger partial charge in [0.15, 0.2) is 0 Å². The van der Waals surface area contributed by atoms with E-state index in [2.05, 4.69) is 41.9 Å². The summed E-state index contributed by atoms with van der Waals surface area (Å²) in [6.45, 7) is 3.87. The third-order valence-corrected chi connectivity index (χ3v) is 3.81. The van der Waals surface area contributed by atoms with Gasteiger partial charge in [-0.05, 0) is 42.3 Å². The van der Waals surface area contributed by atoms with Crippen LogP contribution in [0.15, 0.2) is 29.6 Å². The van der Waals surface area contributed by atoms with E-state index in [1.807, 2.05) is 11.3 Å². The van der Waals surface area contributed by atoms with Crippen LogP contribution in [0, 0.1) is 0 Å². The molecule has 1 aromatic carbocycles. The van der Waals surface area contributed by atoms with Crippen molar-refractivity contribution in [2.45, 2.75) is 25.9 Å². The molecule has 0 amide bonds. The molecule has 2 aromatic rings. The fourth-order valence-corrected chi connectivity index (χ4v) is 2.77. The first-order valence-electron chi connectivity index (χ1n) is 5.70. The Morgan fingerprint density at radius 1 is 1.38 bits per heavy atom. The lowest BCUT2D eigenvalue weighted by Gasteiger charge is -2.11. The second kappa shape index (κ2) is 5.43. The Morgan fingerprint density at radius 2 is 2.19 bits per heavy atom. The highest BCUT2D eigenvalue weighted by atomic mass is 32.1. The maximum Gasteiger partial charge on any atom is 0.0346 e. The van der Waals surface area contributed by atoms with Crippen molar-refractivity contribution >= 4 is 21.4 Å². The van der Waals surface area contributed by atoms with E-state index in [9.17, 15) is 0 Å². The molecule has 0 aliphatic carbocycles. The predicted octanol–water partition coefficient (Wildman–Crippen LogP) is 2.73. The van der Waals surface area contributed by atoms with E-state index in [1.54, 1.807) is 0 Å². The zero-order chi connectivity index (χ0) is 11.4. The highest BCUT2D eigenvalue weighted by molar-refractivity contribution is 7.17. The first-order valence-corrected chi connectivity index (χ1v) is 6.58. The molecule has 0 aliphatic rings. The monoisotopic (exact) mass is 234 g/mol. The van der Waals surface area contributed by atoms with Crippen molar-refractivity contribution in [3.8, 4) is 0 Å². The zero-order valence-corrected chi connectivity index (χ0v) is 10.4. The van der Waals surface area contributed by atoms with Crippen LogP contribution >= 0.6 is 11.3 Å². The Hall–Kier alpha value is -0.900.